The molecule has 52 valence electrons. The fourth-order valence-electron chi connectivity index (χ4n) is 0.583. The maximum atomic E-state index is 5.71. The summed E-state index contributed by atoms with van der Waals surface area (Å²) in [5.74, 6) is 3.13. The third kappa shape index (κ3) is 4.05. The van der Waals surface area contributed by atoms with Crippen molar-refractivity contribution < 1.29 is 0 Å². The first-order chi connectivity index (χ1) is 4.18. The number of rotatable bonds is 3. The van der Waals surface area contributed by atoms with Gasteiger partial charge in [0.25, 0.3) is 0 Å². The van der Waals surface area contributed by atoms with Crippen LogP contribution in [0, 0.1) is 18.3 Å². The molecule has 0 aliphatic carbocycles. The lowest BCUT2D eigenvalue weighted by Gasteiger charge is -2.12. The first-order valence-corrected chi connectivity index (χ1v) is 3.37. The van der Waals surface area contributed by atoms with Crippen molar-refractivity contribution in [2.45, 2.75) is 32.7 Å². The van der Waals surface area contributed by atoms with Crippen LogP contribution < -0.4 is 5.73 Å². The molecule has 0 saturated carbocycles. The van der Waals surface area contributed by atoms with Crippen LogP contribution >= 0.6 is 0 Å². The topological polar surface area (TPSA) is 26.0 Å². The van der Waals surface area contributed by atoms with Crippen LogP contribution in [0.4, 0.5) is 0 Å². The molecule has 2 N–H and O–H groups in total. The van der Waals surface area contributed by atoms with Crippen LogP contribution in [0.2, 0.25) is 0 Å². The highest BCUT2D eigenvalue weighted by molar-refractivity contribution is 4.85. The SMILES string of the molecule is C#CCCC(N)C(C)C. The summed E-state index contributed by atoms with van der Waals surface area (Å²) in [5, 5.41) is 0. The molecule has 1 unspecified atom stereocenters. The largest absolute Gasteiger partial charge is 0.327 e. The standard InChI is InChI=1S/C8H15N/c1-4-5-6-8(9)7(2)3/h1,7-8H,5-6,9H2,2-3H3. The van der Waals surface area contributed by atoms with E-state index in [2.05, 4.69) is 19.8 Å². The smallest absolute Gasteiger partial charge is 0.0101 e. The van der Waals surface area contributed by atoms with E-state index in [4.69, 9.17) is 12.2 Å². The predicted octanol–water partition coefficient (Wildman–Crippen LogP) is 1.38. The summed E-state index contributed by atoms with van der Waals surface area (Å²) >= 11 is 0. The third-order valence-electron chi connectivity index (χ3n) is 1.48. The minimum Gasteiger partial charge on any atom is -0.327 e. The van der Waals surface area contributed by atoms with Crippen molar-refractivity contribution in [3.8, 4) is 12.3 Å². The van der Waals surface area contributed by atoms with E-state index in [0.29, 0.717) is 5.92 Å². The molecule has 0 aromatic carbocycles. The van der Waals surface area contributed by atoms with Gasteiger partial charge in [0, 0.05) is 12.5 Å². The molecular formula is C8H15N. The Morgan fingerprint density at radius 3 is 2.44 bits per heavy atom. The highest BCUT2D eigenvalue weighted by Gasteiger charge is 2.04. The van der Waals surface area contributed by atoms with E-state index in [1.54, 1.807) is 0 Å². The maximum Gasteiger partial charge on any atom is 0.0101 e. The summed E-state index contributed by atoms with van der Waals surface area (Å²) in [7, 11) is 0. The summed E-state index contributed by atoms with van der Waals surface area (Å²) < 4.78 is 0. The number of hydrogen-bond donors (Lipinski definition) is 1. The molecule has 0 amide bonds. The van der Waals surface area contributed by atoms with Gasteiger partial charge in [-0.05, 0) is 12.3 Å². The second-order valence-electron chi connectivity index (χ2n) is 2.65. The quantitative estimate of drug-likeness (QED) is 0.567. The molecule has 0 rings (SSSR count). The first-order valence-electron chi connectivity index (χ1n) is 3.37. The fraction of sp³-hybridized carbons (Fsp3) is 0.750. The summed E-state index contributed by atoms with van der Waals surface area (Å²) in [6.45, 7) is 4.22. The van der Waals surface area contributed by atoms with Crippen LogP contribution in [0.3, 0.4) is 0 Å². The normalized spacial score (nSPS) is 13.2. The second kappa shape index (κ2) is 4.40. The van der Waals surface area contributed by atoms with Crippen LogP contribution in [0.5, 0.6) is 0 Å². The monoisotopic (exact) mass is 125 g/mol. The van der Waals surface area contributed by atoms with Crippen molar-refractivity contribution in [1.82, 2.24) is 0 Å². The third-order valence-corrected chi connectivity index (χ3v) is 1.48. The average Bonchev–Trinajstić information content (AvgIpc) is 1.82. The summed E-state index contributed by atoms with van der Waals surface area (Å²) in [4.78, 5) is 0. The van der Waals surface area contributed by atoms with Crippen LogP contribution in [-0.4, -0.2) is 6.04 Å². The van der Waals surface area contributed by atoms with Gasteiger partial charge in [0.2, 0.25) is 0 Å². The van der Waals surface area contributed by atoms with Gasteiger partial charge in [0.1, 0.15) is 0 Å². The molecule has 1 atom stereocenters. The Balaban J connectivity index is 3.29. The van der Waals surface area contributed by atoms with Crippen molar-refractivity contribution in [3.63, 3.8) is 0 Å². The van der Waals surface area contributed by atoms with E-state index >= 15 is 0 Å². The van der Waals surface area contributed by atoms with E-state index in [0.717, 1.165) is 12.8 Å². The van der Waals surface area contributed by atoms with Gasteiger partial charge >= 0.3 is 0 Å². The van der Waals surface area contributed by atoms with Gasteiger partial charge < -0.3 is 5.73 Å². The zero-order valence-corrected chi connectivity index (χ0v) is 6.22. The van der Waals surface area contributed by atoms with Gasteiger partial charge in [0.05, 0.1) is 0 Å². The van der Waals surface area contributed by atoms with Crippen LogP contribution in [0.1, 0.15) is 26.7 Å². The lowest BCUT2D eigenvalue weighted by Crippen LogP contribution is -2.25. The van der Waals surface area contributed by atoms with E-state index in [-0.39, 0.29) is 6.04 Å². The van der Waals surface area contributed by atoms with Crippen molar-refractivity contribution in [1.29, 1.82) is 0 Å². The van der Waals surface area contributed by atoms with E-state index < -0.39 is 0 Å². The molecule has 0 aliphatic rings. The number of hydrogen-bond acceptors (Lipinski definition) is 1. The Bertz CT molecular complexity index is 99.6. The molecule has 0 aromatic rings. The highest BCUT2D eigenvalue weighted by Crippen LogP contribution is 2.03. The Morgan fingerprint density at radius 1 is 1.56 bits per heavy atom. The Kier molecular flexibility index (Phi) is 4.17. The molecule has 0 aromatic heterocycles. The molecular weight excluding hydrogens is 110 g/mol. The molecule has 0 spiro atoms. The van der Waals surface area contributed by atoms with Crippen LogP contribution in [0.15, 0.2) is 0 Å². The molecule has 0 saturated heterocycles. The molecule has 0 heterocycles. The van der Waals surface area contributed by atoms with Gasteiger partial charge in [-0.3, -0.25) is 0 Å². The minimum atomic E-state index is 0.279. The maximum absolute atomic E-state index is 5.71. The lowest BCUT2D eigenvalue weighted by atomic mass is 10.0. The Morgan fingerprint density at radius 2 is 2.11 bits per heavy atom. The molecule has 0 aliphatic heterocycles. The summed E-state index contributed by atoms with van der Waals surface area (Å²) in [5.41, 5.74) is 5.71. The molecule has 1 nitrogen and oxygen atoms in total. The molecule has 0 fully saturated rings. The van der Waals surface area contributed by atoms with Gasteiger partial charge in [-0.25, -0.2) is 0 Å². The molecule has 0 bridgehead atoms. The van der Waals surface area contributed by atoms with Crippen LogP contribution in [-0.2, 0) is 0 Å². The Labute approximate surface area is 57.6 Å². The molecule has 9 heavy (non-hydrogen) atoms. The highest BCUT2D eigenvalue weighted by atomic mass is 14.6. The van der Waals surface area contributed by atoms with E-state index in [9.17, 15) is 0 Å². The van der Waals surface area contributed by atoms with Gasteiger partial charge in [0.15, 0.2) is 0 Å². The van der Waals surface area contributed by atoms with Gasteiger partial charge in [-0.1, -0.05) is 13.8 Å². The Hall–Kier alpha value is -0.480. The molecule has 1 heteroatoms. The number of nitrogens with two attached hydrogens (primary N) is 1. The lowest BCUT2D eigenvalue weighted by molar-refractivity contribution is 0.470. The first kappa shape index (κ1) is 8.52. The van der Waals surface area contributed by atoms with Crippen molar-refractivity contribution in [2.75, 3.05) is 0 Å². The van der Waals surface area contributed by atoms with E-state index in [1.807, 2.05) is 0 Å². The predicted molar refractivity (Wildman–Crippen MR) is 40.9 cm³/mol. The van der Waals surface area contributed by atoms with Crippen molar-refractivity contribution >= 4 is 0 Å². The van der Waals surface area contributed by atoms with Gasteiger partial charge in [-0.2, -0.15) is 0 Å². The summed E-state index contributed by atoms with van der Waals surface area (Å²) in [6, 6.07) is 0.279. The zero-order chi connectivity index (χ0) is 7.28. The fourth-order valence-corrected chi connectivity index (χ4v) is 0.583. The van der Waals surface area contributed by atoms with E-state index in [1.165, 1.54) is 0 Å². The summed E-state index contributed by atoms with van der Waals surface area (Å²) in [6.07, 6.45) is 6.83. The second-order valence-corrected chi connectivity index (χ2v) is 2.65. The van der Waals surface area contributed by atoms with Gasteiger partial charge in [-0.15, -0.1) is 12.3 Å². The van der Waals surface area contributed by atoms with Crippen molar-refractivity contribution in [2.24, 2.45) is 11.7 Å². The number of terminal acetylenes is 1. The minimum absolute atomic E-state index is 0.279. The average molecular weight is 125 g/mol. The zero-order valence-electron chi connectivity index (χ0n) is 6.22. The van der Waals surface area contributed by atoms with Crippen molar-refractivity contribution in [3.05, 3.63) is 0 Å². The molecule has 0 radical (unpaired) electrons. The van der Waals surface area contributed by atoms with Crippen LogP contribution in [0.25, 0.3) is 0 Å².